The third-order valence-electron chi connectivity index (χ3n) is 3.14. The molecule has 3 heteroatoms. The number of benzene rings is 1. The van der Waals surface area contributed by atoms with Crippen molar-refractivity contribution in [2.75, 3.05) is 33.7 Å². The van der Waals surface area contributed by atoms with Crippen molar-refractivity contribution in [3.63, 3.8) is 0 Å². The summed E-state index contributed by atoms with van der Waals surface area (Å²) in [5.41, 5.74) is 4.67. The molecule has 1 unspecified atom stereocenters. The van der Waals surface area contributed by atoms with E-state index in [1.807, 2.05) is 14.1 Å². The number of nitrogens with one attached hydrogen (secondary N) is 1. The maximum atomic E-state index is 10.3. The van der Waals surface area contributed by atoms with E-state index in [9.17, 15) is 5.11 Å². The minimum atomic E-state index is -0.423. The van der Waals surface area contributed by atoms with Gasteiger partial charge < -0.3 is 15.3 Å². The zero-order chi connectivity index (χ0) is 13.7. The van der Waals surface area contributed by atoms with Crippen molar-refractivity contribution < 1.29 is 5.11 Å². The summed E-state index contributed by atoms with van der Waals surface area (Å²) < 4.78 is 0. The zero-order valence-electron chi connectivity index (χ0n) is 12.2. The second-order valence-electron chi connectivity index (χ2n) is 5.34. The van der Waals surface area contributed by atoms with E-state index < -0.39 is 6.10 Å². The normalized spacial score (nSPS) is 13.1. The molecule has 0 saturated heterocycles. The van der Waals surface area contributed by atoms with E-state index in [1.54, 1.807) is 0 Å². The fourth-order valence-corrected chi connectivity index (χ4v) is 2.36. The first kappa shape index (κ1) is 15.2. The summed E-state index contributed by atoms with van der Waals surface area (Å²) in [6, 6.07) is 4.26. The van der Waals surface area contributed by atoms with Gasteiger partial charge in [-0.25, -0.2) is 0 Å². The lowest BCUT2D eigenvalue weighted by Crippen LogP contribution is -2.30. The molecule has 3 nitrogen and oxygen atoms in total. The van der Waals surface area contributed by atoms with E-state index in [0.29, 0.717) is 6.54 Å². The molecule has 1 aromatic carbocycles. The summed E-state index contributed by atoms with van der Waals surface area (Å²) in [6.45, 7) is 8.72. The predicted octanol–water partition coefficient (Wildman–Crippen LogP) is 1.80. The first-order valence-corrected chi connectivity index (χ1v) is 6.53. The number of aryl methyl sites for hydroxylation is 3. The summed E-state index contributed by atoms with van der Waals surface area (Å²) in [7, 11) is 4.10. The van der Waals surface area contributed by atoms with Crippen LogP contribution in [0.15, 0.2) is 12.1 Å². The second-order valence-corrected chi connectivity index (χ2v) is 5.34. The highest BCUT2D eigenvalue weighted by Crippen LogP contribution is 2.22. The van der Waals surface area contributed by atoms with Gasteiger partial charge in [0.25, 0.3) is 0 Å². The molecule has 1 rings (SSSR count). The second kappa shape index (κ2) is 6.88. The van der Waals surface area contributed by atoms with Crippen LogP contribution >= 0.6 is 0 Å². The summed E-state index contributed by atoms with van der Waals surface area (Å²) >= 11 is 0. The molecule has 0 heterocycles. The molecule has 18 heavy (non-hydrogen) atoms. The number of nitrogens with zero attached hydrogens (tertiary/aromatic N) is 1. The first-order valence-electron chi connectivity index (χ1n) is 6.53. The number of aliphatic hydroxyl groups excluding tert-OH is 1. The SMILES string of the molecule is Cc1cc(C)c(C(O)CNCCN(C)C)c(C)c1. The van der Waals surface area contributed by atoms with Crippen molar-refractivity contribution in [3.05, 3.63) is 34.4 Å². The van der Waals surface area contributed by atoms with Gasteiger partial charge in [-0.2, -0.15) is 0 Å². The third kappa shape index (κ3) is 4.41. The van der Waals surface area contributed by atoms with Gasteiger partial charge in [0.05, 0.1) is 6.10 Å². The van der Waals surface area contributed by atoms with Crippen LogP contribution in [0.2, 0.25) is 0 Å². The minimum absolute atomic E-state index is 0.423. The van der Waals surface area contributed by atoms with Crippen molar-refractivity contribution in [2.45, 2.75) is 26.9 Å². The number of hydrogen-bond donors (Lipinski definition) is 2. The summed E-state index contributed by atoms with van der Waals surface area (Å²) in [5.74, 6) is 0. The van der Waals surface area contributed by atoms with Crippen LogP contribution in [0, 0.1) is 20.8 Å². The average Bonchev–Trinajstić information content (AvgIpc) is 2.22. The summed E-state index contributed by atoms with van der Waals surface area (Å²) in [4.78, 5) is 2.13. The van der Waals surface area contributed by atoms with Crippen LogP contribution < -0.4 is 5.32 Å². The van der Waals surface area contributed by atoms with Crippen LogP contribution in [-0.4, -0.2) is 43.7 Å². The standard InChI is InChI=1S/C15H26N2O/c1-11-8-12(2)15(13(3)9-11)14(18)10-16-6-7-17(4)5/h8-9,14,16,18H,6-7,10H2,1-5H3. The first-order chi connectivity index (χ1) is 8.41. The van der Waals surface area contributed by atoms with Gasteiger partial charge in [0.2, 0.25) is 0 Å². The Labute approximate surface area is 111 Å². The largest absolute Gasteiger partial charge is 0.387 e. The molecular weight excluding hydrogens is 224 g/mol. The van der Waals surface area contributed by atoms with Crippen molar-refractivity contribution in [3.8, 4) is 0 Å². The Bertz CT molecular complexity index is 365. The molecule has 0 aromatic heterocycles. The molecule has 0 bridgehead atoms. The Morgan fingerprint density at radius 1 is 1.17 bits per heavy atom. The smallest absolute Gasteiger partial charge is 0.0919 e. The molecule has 0 spiro atoms. The maximum absolute atomic E-state index is 10.3. The van der Waals surface area contributed by atoms with E-state index in [0.717, 1.165) is 18.7 Å². The number of aliphatic hydroxyl groups is 1. The molecule has 1 aromatic rings. The van der Waals surface area contributed by atoms with Crippen LogP contribution in [0.25, 0.3) is 0 Å². The molecular formula is C15H26N2O. The van der Waals surface area contributed by atoms with Gasteiger partial charge >= 0.3 is 0 Å². The molecule has 0 aliphatic carbocycles. The lowest BCUT2D eigenvalue weighted by molar-refractivity contribution is 0.172. The Morgan fingerprint density at radius 2 is 1.72 bits per heavy atom. The highest BCUT2D eigenvalue weighted by Gasteiger charge is 2.13. The molecule has 102 valence electrons. The number of hydrogen-bond acceptors (Lipinski definition) is 3. The molecule has 0 amide bonds. The van der Waals surface area contributed by atoms with Gasteiger partial charge in [0.1, 0.15) is 0 Å². The Hall–Kier alpha value is -0.900. The highest BCUT2D eigenvalue weighted by atomic mass is 16.3. The fraction of sp³-hybridized carbons (Fsp3) is 0.600. The quantitative estimate of drug-likeness (QED) is 0.756. The number of rotatable bonds is 6. The molecule has 0 aliphatic heterocycles. The van der Waals surface area contributed by atoms with E-state index in [1.165, 1.54) is 16.7 Å². The molecule has 0 saturated carbocycles. The predicted molar refractivity (Wildman–Crippen MR) is 77.0 cm³/mol. The maximum Gasteiger partial charge on any atom is 0.0919 e. The topological polar surface area (TPSA) is 35.5 Å². The lowest BCUT2D eigenvalue weighted by atomic mass is 9.95. The molecule has 0 aliphatic rings. The van der Waals surface area contributed by atoms with Gasteiger partial charge in [-0.1, -0.05) is 17.7 Å². The van der Waals surface area contributed by atoms with E-state index >= 15 is 0 Å². The molecule has 2 N–H and O–H groups in total. The van der Waals surface area contributed by atoms with E-state index in [4.69, 9.17) is 0 Å². The van der Waals surface area contributed by atoms with Crippen molar-refractivity contribution in [1.82, 2.24) is 10.2 Å². The minimum Gasteiger partial charge on any atom is -0.387 e. The summed E-state index contributed by atoms with van der Waals surface area (Å²) in [5, 5.41) is 13.6. The molecule has 1 atom stereocenters. The molecule has 0 fully saturated rings. The lowest BCUT2D eigenvalue weighted by Gasteiger charge is -2.18. The van der Waals surface area contributed by atoms with Crippen molar-refractivity contribution in [2.24, 2.45) is 0 Å². The van der Waals surface area contributed by atoms with Crippen LogP contribution in [0.3, 0.4) is 0 Å². The highest BCUT2D eigenvalue weighted by molar-refractivity contribution is 5.39. The van der Waals surface area contributed by atoms with Gasteiger partial charge in [-0.05, 0) is 51.6 Å². The Balaban J connectivity index is 2.59. The number of likely N-dealkylation sites (N-methyl/N-ethyl adjacent to an activating group) is 1. The van der Waals surface area contributed by atoms with Gasteiger partial charge in [-0.15, -0.1) is 0 Å². The van der Waals surface area contributed by atoms with Crippen LogP contribution in [0.5, 0.6) is 0 Å². The van der Waals surface area contributed by atoms with Crippen molar-refractivity contribution >= 4 is 0 Å². The van der Waals surface area contributed by atoms with Crippen LogP contribution in [-0.2, 0) is 0 Å². The molecule has 0 radical (unpaired) electrons. The van der Waals surface area contributed by atoms with Gasteiger partial charge in [0.15, 0.2) is 0 Å². The zero-order valence-corrected chi connectivity index (χ0v) is 12.2. The monoisotopic (exact) mass is 250 g/mol. The van der Waals surface area contributed by atoms with Crippen LogP contribution in [0.1, 0.15) is 28.4 Å². The van der Waals surface area contributed by atoms with Crippen molar-refractivity contribution in [1.29, 1.82) is 0 Å². The van der Waals surface area contributed by atoms with Gasteiger partial charge in [0, 0.05) is 19.6 Å². The Kier molecular flexibility index (Phi) is 5.79. The summed E-state index contributed by atoms with van der Waals surface area (Å²) in [6.07, 6.45) is -0.423. The van der Waals surface area contributed by atoms with E-state index in [2.05, 4.69) is 43.1 Å². The van der Waals surface area contributed by atoms with E-state index in [-0.39, 0.29) is 0 Å². The third-order valence-corrected chi connectivity index (χ3v) is 3.14. The van der Waals surface area contributed by atoms with Gasteiger partial charge in [-0.3, -0.25) is 0 Å². The van der Waals surface area contributed by atoms with Crippen LogP contribution in [0.4, 0.5) is 0 Å². The fourth-order valence-electron chi connectivity index (χ4n) is 2.36. The Morgan fingerprint density at radius 3 is 2.22 bits per heavy atom. The average molecular weight is 250 g/mol.